The van der Waals surface area contributed by atoms with Gasteiger partial charge in [-0.25, -0.2) is 9.18 Å². The topological polar surface area (TPSA) is 58.6 Å². The molecule has 2 rings (SSSR count). The number of hydrogen-bond acceptors (Lipinski definition) is 3. The van der Waals surface area contributed by atoms with Gasteiger partial charge in [-0.2, -0.15) is 0 Å². The van der Waals surface area contributed by atoms with Gasteiger partial charge < -0.3 is 15.0 Å². The van der Waals surface area contributed by atoms with Crippen molar-refractivity contribution in [1.29, 1.82) is 0 Å². The second-order valence-electron chi connectivity index (χ2n) is 7.01. The van der Waals surface area contributed by atoms with Gasteiger partial charge in [0.15, 0.2) is 0 Å². The summed E-state index contributed by atoms with van der Waals surface area (Å²) in [6, 6.07) is 5.72. The summed E-state index contributed by atoms with van der Waals surface area (Å²) in [5, 5.41) is 2.73. The Kier molecular flexibility index (Phi) is 5.80. The lowest BCUT2D eigenvalue weighted by atomic mass is 10.0. The van der Waals surface area contributed by atoms with E-state index in [2.05, 4.69) is 5.32 Å². The van der Waals surface area contributed by atoms with Crippen molar-refractivity contribution in [2.45, 2.75) is 51.7 Å². The first-order chi connectivity index (χ1) is 11.3. The third-order valence-electron chi connectivity index (χ3n) is 3.87. The normalized spacial score (nSPS) is 18.2. The zero-order valence-corrected chi connectivity index (χ0v) is 14.5. The summed E-state index contributed by atoms with van der Waals surface area (Å²) in [4.78, 5) is 26.1. The van der Waals surface area contributed by atoms with E-state index in [4.69, 9.17) is 4.74 Å². The number of hydrogen-bond donors (Lipinski definition) is 1. The first-order valence-corrected chi connectivity index (χ1v) is 8.30. The number of piperidine rings is 1. The molecule has 0 bridgehead atoms. The molecular weight excluding hydrogens is 311 g/mol. The highest BCUT2D eigenvalue weighted by atomic mass is 19.1. The summed E-state index contributed by atoms with van der Waals surface area (Å²) in [6.45, 7) is 6.36. The van der Waals surface area contributed by atoms with Gasteiger partial charge in [0.2, 0.25) is 0 Å². The third-order valence-corrected chi connectivity index (χ3v) is 3.87. The number of ether oxygens (including phenoxy) is 1. The van der Waals surface area contributed by atoms with E-state index in [0.29, 0.717) is 6.54 Å². The van der Waals surface area contributed by atoms with Crippen molar-refractivity contribution >= 4 is 12.0 Å². The summed E-state index contributed by atoms with van der Waals surface area (Å²) >= 11 is 0. The first-order valence-electron chi connectivity index (χ1n) is 8.30. The van der Waals surface area contributed by atoms with Gasteiger partial charge in [-0.15, -0.1) is 0 Å². The van der Waals surface area contributed by atoms with Crippen LogP contribution in [0.1, 0.15) is 50.4 Å². The van der Waals surface area contributed by atoms with Crippen LogP contribution in [0.5, 0.6) is 0 Å². The maximum absolute atomic E-state index is 13.7. The Labute approximate surface area is 142 Å². The van der Waals surface area contributed by atoms with E-state index in [1.165, 1.54) is 18.2 Å². The number of halogens is 1. The maximum atomic E-state index is 13.7. The Hall–Kier alpha value is -2.11. The fourth-order valence-electron chi connectivity index (χ4n) is 2.72. The minimum Gasteiger partial charge on any atom is -0.444 e. The van der Waals surface area contributed by atoms with E-state index < -0.39 is 17.3 Å². The lowest BCUT2D eigenvalue weighted by Gasteiger charge is -2.36. The molecule has 1 atom stereocenters. The quantitative estimate of drug-likeness (QED) is 0.921. The highest BCUT2D eigenvalue weighted by molar-refractivity contribution is 5.94. The third kappa shape index (κ3) is 4.94. The van der Waals surface area contributed by atoms with E-state index in [1.807, 2.05) is 20.8 Å². The molecule has 1 unspecified atom stereocenters. The van der Waals surface area contributed by atoms with Crippen molar-refractivity contribution < 1.29 is 18.7 Å². The van der Waals surface area contributed by atoms with E-state index in [-0.39, 0.29) is 24.2 Å². The summed E-state index contributed by atoms with van der Waals surface area (Å²) in [6.07, 6.45) is 2.32. The molecule has 0 spiro atoms. The van der Waals surface area contributed by atoms with Crippen LogP contribution < -0.4 is 5.32 Å². The fourth-order valence-corrected chi connectivity index (χ4v) is 2.72. The van der Waals surface area contributed by atoms with Crippen molar-refractivity contribution in [3.8, 4) is 0 Å². The van der Waals surface area contributed by atoms with Crippen molar-refractivity contribution in [3.05, 3.63) is 35.6 Å². The average molecular weight is 336 g/mol. The molecule has 1 aliphatic heterocycles. The van der Waals surface area contributed by atoms with Gasteiger partial charge in [-0.3, -0.25) is 4.79 Å². The van der Waals surface area contributed by atoms with Crippen LogP contribution in [0.25, 0.3) is 0 Å². The van der Waals surface area contributed by atoms with Crippen LogP contribution in [-0.2, 0) is 4.74 Å². The monoisotopic (exact) mass is 336 g/mol. The molecular formula is C18H25FN2O3. The van der Waals surface area contributed by atoms with Crippen LogP contribution in [0.4, 0.5) is 9.18 Å². The molecule has 0 radical (unpaired) electrons. The summed E-state index contributed by atoms with van der Waals surface area (Å²) < 4.78 is 19.1. The van der Waals surface area contributed by atoms with Gasteiger partial charge >= 0.3 is 6.09 Å². The van der Waals surface area contributed by atoms with Gasteiger partial charge in [0.25, 0.3) is 5.91 Å². The van der Waals surface area contributed by atoms with Crippen LogP contribution >= 0.6 is 0 Å². The minimum absolute atomic E-state index is 0.0112. The predicted molar refractivity (Wildman–Crippen MR) is 89.3 cm³/mol. The van der Waals surface area contributed by atoms with Crippen molar-refractivity contribution in [1.82, 2.24) is 10.2 Å². The van der Waals surface area contributed by atoms with Crippen molar-refractivity contribution in [3.63, 3.8) is 0 Å². The summed E-state index contributed by atoms with van der Waals surface area (Å²) in [7, 11) is 0. The highest BCUT2D eigenvalue weighted by Gasteiger charge is 2.30. The molecule has 0 aromatic heterocycles. The van der Waals surface area contributed by atoms with Crippen LogP contribution in [0.15, 0.2) is 24.3 Å². The lowest BCUT2D eigenvalue weighted by molar-refractivity contribution is 0.00985. The second kappa shape index (κ2) is 7.64. The summed E-state index contributed by atoms with van der Waals surface area (Å²) in [5.74, 6) is -1.02. The molecule has 2 amide bonds. The first kappa shape index (κ1) is 18.2. The Morgan fingerprint density at radius 2 is 2.00 bits per heavy atom. The van der Waals surface area contributed by atoms with Crippen LogP contribution in [-0.4, -0.2) is 41.6 Å². The molecule has 1 aromatic rings. The lowest BCUT2D eigenvalue weighted by Crippen LogP contribution is -2.50. The van der Waals surface area contributed by atoms with E-state index >= 15 is 0 Å². The van der Waals surface area contributed by atoms with E-state index in [9.17, 15) is 14.0 Å². The molecule has 5 nitrogen and oxygen atoms in total. The summed E-state index contributed by atoms with van der Waals surface area (Å²) in [5.41, 5.74) is -0.549. The molecule has 6 heteroatoms. The largest absolute Gasteiger partial charge is 0.444 e. The number of likely N-dealkylation sites (tertiary alicyclic amines) is 1. The number of amides is 2. The van der Waals surface area contributed by atoms with Gasteiger partial charge in [-0.05, 0) is 52.2 Å². The van der Waals surface area contributed by atoms with Gasteiger partial charge in [0, 0.05) is 13.1 Å². The molecule has 1 heterocycles. The number of nitrogens with zero attached hydrogens (tertiary/aromatic N) is 1. The Bertz CT molecular complexity index is 598. The fraction of sp³-hybridized carbons (Fsp3) is 0.556. The molecule has 24 heavy (non-hydrogen) atoms. The Balaban J connectivity index is 1.97. The minimum atomic E-state index is -0.560. The van der Waals surface area contributed by atoms with E-state index in [0.717, 1.165) is 19.3 Å². The predicted octanol–water partition coefficient (Wildman–Crippen LogP) is 3.35. The number of benzene rings is 1. The van der Waals surface area contributed by atoms with Gasteiger partial charge in [-0.1, -0.05) is 12.1 Å². The highest BCUT2D eigenvalue weighted by Crippen LogP contribution is 2.20. The zero-order valence-electron chi connectivity index (χ0n) is 14.5. The van der Waals surface area contributed by atoms with E-state index in [1.54, 1.807) is 11.0 Å². The van der Waals surface area contributed by atoms with Crippen LogP contribution in [0, 0.1) is 5.82 Å². The number of carbonyl (C=O) groups excluding carboxylic acids is 2. The molecule has 1 N–H and O–H groups in total. The molecule has 132 valence electrons. The number of nitrogens with one attached hydrogen (secondary N) is 1. The Morgan fingerprint density at radius 3 is 2.67 bits per heavy atom. The van der Waals surface area contributed by atoms with Gasteiger partial charge in [0.05, 0.1) is 11.6 Å². The number of carbonyl (C=O) groups is 2. The molecule has 1 saturated heterocycles. The molecule has 1 fully saturated rings. The van der Waals surface area contributed by atoms with Crippen molar-refractivity contribution in [2.75, 3.05) is 13.1 Å². The SMILES string of the molecule is CC(C)(C)OC(=O)N1CCCCC1CNC(=O)c1ccccc1F. The molecule has 0 aliphatic carbocycles. The molecule has 0 saturated carbocycles. The average Bonchev–Trinajstić information content (AvgIpc) is 2.51. The van der Waals surface area contributed by atoms with Crippen LogP contribution in [0.2, 0.25) is 0 Å². The number of rotatable bonds is 3. The smallest absolute Gasteiger partial charge is 0.410 e. The van der Waals surface area contributed by atoms with Gasteiger partial charge in [0.1, 0.15) is 11.4 Å². The molecule has 1 aromatic carbocycles. The molecule has 1 aliphatic rings. The Morgan fingerprint density at radius 1 is 1.29 bits per heavy atom. The zero-order chi connectivity index (χ0) is 17.7. The maximum Gasteiger partial charge on any atom is 0.410 e. The second-order valence-corrected chi connectivity index (χ2v) is 7.01. The van der Waals surface area contributed by atoms with Crippen LogP contribution in [0.3, 0.4) is 0 Å². The standard InChI is InChI=1S/C18H25FN2O3/c1-18(2,3)24-17(23)21-11-7-6-8-13(21)12-20-16(22)14-9-4-5-10-15(14)19/h4-5,9-10,13H,6-8,11-12H2,1-3H3,(H,20,22). The van der Waals surface area contributed by atoms with Crippen molar-refractivity contribution in [2.24, 2.45) is 0 Å².